The summed E-state index contributed by atoms with van der Waals surface area (Å²) in [6.45, 7) is 2.14. The first-order chi connectivity index (χ1) is 11.1. The topological polar surface area (TPSA) is 29.3 Å². The first-order valence-corrected chi connectivity index (χ1v) is 9.63. The fourth-order valence-electron chi connectivity index (χ4n) is 3.68. The van der Waals surface area contributed by atoms with Gasteiger partial charge in [-0.2, -0.15) is 0 Å². The fraction of sp³-hybridized carbons (Fsp3) is 0.650. The molecule has 3 heteroatoms. The molecule has 23 heavy (non-hydrogen) atoms. The van der Waals surface area contributed by atoms with E-state index in [0.717, 1.165) is 18.0 Å². The zero-order valence-corrected chi connectivity index (χ0v) is 15.4. The molecule has 128 valence electrons. The van der Waals surface area contributed by atoms with Crippen molar-refractivity contribution in [1.82, 2.24) is 4.90 Å². The van der Waals surface area contributed by atoms with Gasteiger partial charge in [-0.1, -0.05) is 81.8 Å². The number of rotatable bonds is 9. The second kappa shape index (κ2) is 10.0. The van der Waals surface area contributed by atoms with Crippen LogP contribution in [0.4, 0.5) is 0 Å². The third-order valence-corrected chi connectivity index (χ3v) is 5.28. The Balaban J connectivity index is 1.60. The maximum Gasteiger partial charge on any atom is 0.103 e. The lowest BCUT2D eigenvalue weighted by molar-refractivity contribution is 0.302. The Morgan fingerprint density at radius 1 is 1.17 bits per heavy atom. The number of hydrogen-bond acceptors (Lipinski definition) is 2. The van der Waals surface area contributed by atoms with Gasteiger partial charge in [0, 0.05) is 12.1 Å². The molecule has 2 rings (SSSR count). The van der Waals surface area contributed by atoms with Crippen LogP contribution in [0.3, 0.4) is 0 Å². The molecule has 0 unspecified atom stereocenters. The predicted molar refractivity (Wildman–Crippen MR) is 104 cm³/mol. The number of nitrogens with two attached hydrogens (primary N) is 1. The average Bonchev–Trinajstić information content (AvgIpc) is 2.55. The molecule has 2 nitrogen and oxygen atoms in total. The molecular formula is C20H32N2S. The molecule has 0 bridgehead atoms. The van der Waals surface area contributed by atoms with Crippen LogP contribution in [0.2, 0.25) is 0 Å². The average molecular weight is 333 g/mol. The highest BCUT2D eigenvalue weighted by atomic mass is 32.1. The van der Waals surface area contributed by atoms with E-state index in [1.54, 1.807) is 0 Å². The quantitative estimate of drug-likeness (QED) is 0.515. The zero-order valence-electron chi connectivity index (χ0n) is 14.6. The van der Waals surface area contributed by atoms with E-state index in [2.05, 4.69) is 24.1 Å². The van der Waals surface area contributed by atoms with Gasteiger partial charge in [0.1, 0.15) is 4.99 Å². The molecular weight excluding hydrogens is 300 g/mol. The molecule has 0 radical (unpaired) electrons. The SMILES string of the molecule is CN(CCCCCC1CCCCC1)Cc1cccc(C(N)=S)c1. The molecule has 0 spiro atoms. The van der Waals surface area contributed by atoms with Gasteiger partial charge in [-0.25, -0.2) is 0 Å². The van der Waals surface area contributed by atoms with Gasteiger partial charge in [-0.15, -0.1) is 0 Å². The smallest absolute Gasteiger partial charge is 0.103 e. The molecule has 0 amide bonds. The highest BCUT2D eigenvalue weighted by Gasteiger charge is 2.12. The van der Waals surface area contributed by atoms with E-state index in [1.807, 2.05) is 12.1 Å². The summed E-state index contributed by atoms with van der Waals surface area (Å²) < 4.78 is 0. The van der Waals surface area contributed by atoms with Crippen molar-refractivity contribution in [3.8, 4) is 0 Å². The lowest BCUT2D eigenvalue weighted by atomic mass is 9.85. The Kier molecular flexibility index (Phi) is 8.04. The van der Waals surface area contributed by atoms with Gasteiger partial charge in [0.15, 0.2) is 0 Å². The molecule has 0 heterocycles. The number of nitrogens with zero attached hydrogens (tertiary/aromatic N) is 1. The highest BCUT2D eigenvalue weighted by molar-refractivity contribution is 7.80. The Morgan fingerprint density at radius 3 is 2.70 bits per heavy atom. The Bertz CT molecular complexity index is 480. The predicted octanol–water partition coefficient (Wildman–Crippen LogP) is 4.89. The molecule has 0 saturated heterocycles. The number of hydrogen-bond donors (Lipinski definition) is 1. The van der Waals surface area contributed by atoms with E-state index in [4.69, 9.17) is 18.0 Å². The number of unbranched alkanes of at least 4 members (excludes halogenated alkanes) is 2. The minimum Gasteiger partial charge on any atom is -0.389 e. The van der Waals surface area contributed by atoms with Crippen molar-refractivity contribution in [1.29, 1.82) is 0 Å². The van der Waals surface area contributed by atoms with Gasteiger partial charge in [-0.05, 0) is 37.6 Å². The summed E-state index contributed by atoms with van der Waals surface area (Å²) in [4.78, 5) is 2.89. The summed E-state index contributed by atoms with van der Waals surface area (Å²) in [7, 11) is 2.20. The van der Waals surface area contributed by atoms with Gasteiger partial charge in [0.25, 0.3) is 0 Å². The second-order valence-corrected chi connectivity index (χ2v) is 7.60. The Hall–Kier alpha value is -0.930. The van der Waals surface area contributed by atoms with Crippen molar-refractivity contribution < 1.29 is 0 Å². The normalized spacial score (nSPS) is 15.9. The molecule has 1 saturated carbocycles. The van der Waals surface area contributed by atoms with Gasteiger partial charge in [-0.3, -0.25) is 0 Å². The summed E-state index contributed by atoms with van der Waals surface area (Å²) in [6, 6.07) is 8.29. The van der Waals surface area contributed by atoms with E-state index < -0.39 is 0 Å². The monoisotopic (exact) mass is 332 g/mol. The van der Waals surface area contributed by atoms with E-state index >= 15 is 0 Å². The minimum atomic E-state index is 0.484. The first-order valence-electron chi connectivity index (χ1n) is 9.22. The van der Waals surface area contributed by atoms with Crippen molar-refractivity contribution in [2.45, 2.75) is 64.3 Å². The maximum absolute atomic E-state index is 5.71. The third-order valence-electron chi connectivity index (χ3n) is 5.04. The number of thiocarbonyl (C=S) groups is 1. The minimum absolute atomic E-state index is 0.484. The second-order valence-electron chi connectivity index (χ2n) is 7.16. The van der Waals surface area contributed by atoms with E-state index in [1.165, 1.54) is 69.9 Å². The van der Waals surface area contributed by atoms with Gasteiger partial charge in [0.05, 0.1) is 0 Å². The molecule has 0 aromatic heterocycles. The summed E-state index contributed by atoms with van der Waals surface area (Å²) in [5.74, 6) is 1.03. The van der Waals surface area contributed by atoms with E-state index in [0.29, 0.717) is 4.99 Å². The summed E-state index contributed by atoms with van der Waals surface area (Å²) in [6.07, 6.45) is 12.9. The van der Waals surface area contributed by atoms with E-state index in [-0.39, 0.29) is 0 Å². The van der Waals surface area contributed by atoms with Crippen molar-refractivity contribution in [3.05, 3.63) is 35.4 Å². The fourth-order valence-corrected chi connectivity index (χ4v) is 3.81. The molecule has 1 aliphatic carbocycles. The maximum atomic E-state index is 5.71. The standard InChI is InChI=1S/C20H32N2S/c1-22(16-18-12-8-13-19(15-18)20(21)23)14-7-3-6-11-17-9-4-2-5-10-17/h8,12-13,15,17H,2-7,9-11,14,16H2,1H3,(H2,21,23). The van der Waals surface area contributed by atoms with Crippen LogP contribution in [0.1, 0.15) is 68.9 Å². The van der Waals surface area contributed by atoms with Crippen LogP contribution < -0.4 is 5.73 Å². The largest absolute Gasteiger partial charge is 0.389 e. The van der Waals surface area contributed by atoms with Crippen LogP contribution in [0.25, 0.3) is 0 Å². The van der Waals surface area contributed by atoms with Crippen molar-refractivity contribution in [2.24, 2.45) is 11.7 Å². The van der Waals surface area contributed by atoms with Crippen molar-refractivity contribution >= 4 is 17.2 Å². The Morgan fingerprint density at radius 2 is 1.96 bits per heavy atom. The molecule has 1 aromatic carbocycles. The van der Waals surface area contributed by atoms with Crippen LogP contribution in [0, 0.1) is 5.92 Å². The Labute approximate surface area is 147 Å². The van der Waals surface area contributed by atoms with Crippen LogP contribution in [-0.2, 0) is 6.54 Å². The van der Waals surface area contributed by atoms with Crippen LogP contribution in [-0.4, -0.2) is 23.5 Å². The van der Waals surface area contributed by atoms with Gasteiger partial charge in [0.2, 0.25) is 0 Å². The molecule has 1 aliphatic rings. The van der Waals surface area contributed by atoms with Crippen LogP contribution in [0.5, 0.6) is 0 Å². The van der Waals surface area contributed by atoms with Gasteiger partial charge < -0.3 is 10.6 Å². The van der Waals surface area contributed by atoms with Crippen molar-refractivity contribution in [3.63, 3.8) is 0 Å². The zero-order chi connectivity index (χ0) is 16.5. The van der Waals surface area contributed by atoms with Crippen molar-refractivity contribution in [2.75, 3.05) is 13.6 Å². The summed E-state index contributed by atoms with van der Waals surface area (Å²) in [5, 5.41) is 0. The molecule has 0 atom stereocenters. The van der Waals surface area contributed by atoms with Gasteiger partial charge >= 0.3 is 0 Å². The molecule has 1 fully saturated rings. The molecule has 1 aromatic rings. The third kappa shape index (κ3) is 7.01. The van der Waals surface area contributed by atoms with Crippen LogP contribution in [0.15, 0.2) is 24.3 Å². The lowest BCUT2D eigenvalue weighted by Gasteiger charge is -2.21. The lowest BCUT2D eigenvalue weighted by Crippen LogP contribution is -2.19. The molecule has 0 aliphatic heterocycles. The summed E-state index contributed by atoms with van der Waals surface area (Å²) in [5.41, 5.74) is 7.97. The highest BCUT2D eigenvalue weighted by Crippen LogP contribution is 2.27. The van der Waals surface area contributed by atoms with E-state index in [9.17, 15) is 0 Å². The first kappa shape index (κ1) is 18.4. The van der Waals surface area contributed by atoms with Crippen LogP contribution >= 0.6 is 12.2 Å². The molecule has 2 N–H and O–H groups in total. The summed E-state index contributed by atoms with van der Waals surface area (Å²) >= 11 is 5.05. The number of benzene rings is 1.